The summed E-state index contributed by atoms with van der Waals surface area (Å²) in [6.45, 7) is 1.63. The zero-order valence-corrected chi connectivity index (χ0v) is 14.9. The third-order valence-electron chi connectivity index (χ3n) is 4.63. The fraction of sp³-hybridized carbons (Fsp3) is 0.316. The molecule has 1 saturated heterocycles. The Morgan fingerprint density at radius 2 is 1.96 bits per heavy atom. The molecule has 0 spiro atoms. The first-order valence-corrected chi connectivity index (χ1v) is 8.72. The van der Waals surface area contributed by atoms with Crippen LogP contribution >= 0.6 is 11.6 Å². The molecule has 0 aromatic heterocycles. The fourth-order valence-corrected chi connectivity index (χ4v) is 3.32. The van der Waals surface area contributed by atoms with Gasteiger partial charge in [-0.3, -0.25) is 4.99 Å². The maximum absolute atomic E-state index is 13.7. The number of halogens is 3. The van der Waals surface area contributed by atoms with Crippen LogP contribution in [0.15, 0.2) is 47.5 Å². The lowest BCUT2D eigenvalue weighted by atomic mass is 9.74. The highest BCUT2D eigenvalue weighted by Gasteiger charge is 2.34. The highest BCUT2D eigenvalue weighted by molar-refractivity contribution is 6.30. The van der Waals surface area contributed by atoms with Crippen molar-refractivity contribution >= 4 is 23.2 Å². The lowest BCUT2D eigenvalue weighted by Gasteiger charge is -2.36. The molecule has 2 aromatic rings. The fourth-order valence-electron chi connectivity index (χ4n) is 3.13. The van der Waals surface area contributed by atoms with E-state index < -0.39 is 11.6 Å². The molecule has 0 bridgehead atoms. The van der Waals surface area contributed by atoms with Crippen molar-refractivity contribution in [3.63, 3.8) is 0 Å². The Bertz CT molecular complexity index is 807. The summed E-state index contributed by atoms with van der Waals surface area (Å²) in [7, 11) is 0. The predicted molar refractivity (Wildman–Crippen MR) is 99.7 cm³/mol. The summed E-state index contributed by atoms with van der Waals surface area (Å²) in [5.74, 6) is -1.12. The van der Waals surface area contributed by atoms with Crippen LogP contribution in [0.3, 0.4) is 0 Å². The molecular formula is C19H20ClF2N3O. The second kappa shape index (κ2) is 8.01. The minimum atomic E-state index is -0.597. The zero-order valence-electron chi connectivity index (χ0n) is 14.1. The minimum absolute atomic E-state index is 0.0300. The first kappa shape index (κ1) is 18.6. The molecule has 0 unspecified atom stereocenters. The molecule has 138 valence electrons. The number of guanidine groups is 1. The average Bonchev–Trinajstić information content (AvgIpc) is 2.64. The molecule has 2 aromatic carbocycles. The molecule has 3 rings (SSSR count). The first-order valence-electron chi connectivity index (χ1n) is 8.34. The van der Waals surface area contributed by atoms with Crippen LogP contribution in [0.1, 0.15) is 18.4 Å². The van der Waals surface area contributed by atoms with Crippen molar-refractivity contribution in [2.24, 2.45) is 10.7 Å². The van der Waals surface area contributed by atoms with Gasteiger partial charge in [-0.25, -0.2) is 8.78 Å². The monoisotopic (exact) mass is 379 g/mol. The van der Waals surface area contributed by atoms with Gasteiger partial charge in [0.25, 0.3) is 0 Å². The minimum Gasteiger partial charge on any atom is -0.381 e. The molecule has 0 radical (unpaired) electrons. The number of ether oxygens (including phenoxy) is 1. The maximum Gasteiger partial charge on any atom is 0.193 e. The van der Waals surface area contributed by atoms with Crippen LogP contribution in [0.2, 0.25) is 5.02 Å². The van der Waals surface area contributed by atoms with E-state index in [9.17, 15) is 8.78 Å². The second-order valence-corrected chi connectivity index (χ2v) is 6.79. The second-order valence-electron chi connectivity index (χ2n) is 6.35. The van der Waals surface area contributed by atoms with Gasteiger partial charge in [0.05, 0.1) is 12.2 Å². The Balaban J connectivity index is 1.81. The van der Waals surface area contributed by atoms with Crippen molar-refractivity contribution in [3.8, 4) is 0 Å². The van der Waals surface area contributed by atoms with E-state index in [1.165, 1.54) is 0 Å². The molecule has 7 heteroatoms. The van der Waals surface area contributed by atoms with E-state index in [1.807, 2.05) is 24.3 Å². The van der Waals surface area contributed by atoms with E-state index in [4.69, 9.17) is 22.1 Å². The van der Waals surface area contributed by atoms with Crippen LogP contribution in [-0.2, 0) is 10.2 Å². The predicted octanol–water partition coefficient (Wildman–Crippen LogP) is 4.09. The summed E-state index contributed by atoms with van der Waals surface area (Å²) in [5.41, 5.74) is 6.67. The smallest absolute Gasteiger partial charge is 0.193 e. The lowest BCUT2D eigenvalue weighted by Crippen LogP contribution is -2.38. The summed E-state index contributed by atoms with van der Waals surface area (Å²) in [6.07, 6.45) is 1.55. The van der Waals surface area contributed by atoms with E-state index in [2.05, 4.69) is 10.3 Å². The third-order valence-corrected chi connectivity index (χ3v) is 4.87. The number of hydrogen-bond acceptors (Lipinski definition) is 2. The van der Waals surface area contributed by atoms with Gasteiger partial charge in [0.15, 0.2) is 5.96 Å². The SMILES string of the molecule is NC(=NCC1(c2cccc(Cl)c2)CCOCC1)Nc1cc(F)ccc1F. The van der Waals surface area contributed by atoms with Crippen molar-refractivity contribution in [3.05, 3.63) is 64.7 Å². The van der Waals surface area contributed by atoms with E-state index in [-0.39, 0.29) is 17.1 Å². The number of aliphatic imine (C=N–C) groups is 1. The third kappa shape index (κ3) is 4.31. The van der Waals surface area contributed by atoms with E-state index in [0.29, 0.717) is 24.8 Å². The van der Waals surface area contributed by atoms with Gasteiger partial charge < -0.3 is 15.8 Å². The number of nitrogens with two attached hydrogens (primary N) is 1. The van der Waals surface area contributed by atoms with Crippen molar-refractivity contribution < 1.29 is 13.5 Å². The normalized spacial score (nSPS) is 17.1. The molecular weight excluding hydrogens is 360 g/mol. The van der Waals surface area contributed by atoms with Gasteiger partial charge in [-0.05, 0) is 42.7 Å². The van der Waals surface area contributed by atoms with Crippen LogP contribution in [0.25, 0.3) is 0 Å². The Hall–Kier alpha value is -2.18. The molecule has 0 aliphatic carbocycles. The summed E-state index contributed by atoms with van der Waals surface area (Å²) < 4.78 is 32.5. The van der Waals surface area contributed by atoms with Crippen molar-refractivity contribution in [2.45, 2.75) is 18.3 Å². The molecule has 0 atom stereocenters. The van der Waals surface area contributed by atoms with Crippen LogP contribution in [0, 0.1) is 11.6 Å². The quantitative estimate of drug-likeness (QED) is 0.621. The van der Waals surface area contributed by atoms with E-state index in [0.717, 1.165) is 36.6 Å². The highest BCUT2D eigenvalue weighted by Crippen LogP contribution is 2.36. The summed E-state index contributed by atoms with van der Waals surface area (Å²) >= 11 is 6.15. The zero-order chi connectivity index (χ0) is 18.6. The van der Waals surface area contributed by atoms with Gasteiger partial charge in [0.1, 0.15) is 11.6 Å². The number of nitrogens with one attached hydrogen (secondary N) is 1. The average molecular weight is 380 g/mol. The maximum atomic E-state index is 13.7. The first-order chi connectivity index (χ1) is 12.5. The molecule has 1 aliphatic rings. The molecule has 0 saturated carbocycles. The number of benzene rings is 2. The van der Waals surface area contributed by atoms with Crippen LogP contribution in [-0.4, -0.2) is 25.7 Å². The van der Waals surface area contributed by atoms with E-state index >= 15 is 0 Å². The van der Waals surface area contributed by atoms with Gasteiger partial charge >= 0.3 is 0 Å². The molecule has 1 heterocycles. The number of anilines is 1. The number of nitrogens with zero attached hydrogens (tertiary/aromatic N) is 1. The van der Waals surface area contributed by atoms with Crippen molar-refractivity contribution in [1.29, 1.82) is 0 Å². The largest absolute Gasteiger partial charge is 0.381 e. The molecule has 1 fully saturated rings. The van der Waals surface area contributed by atoms with Gasteiger partial charge in [-0.1, -0.05) is 23.7 Å². The van der Waals surface area contributed by atoms with Gasteiger partial charge in [-0.2, -0.15) is 0 Å². The number of hydrogen-bond donors (Lipinski definition) is 2. The van der Waals surface area contributed by atoms with Gasteiger partial charge in [0.2, 0.25) is 0 Å². The molecule has 1 aliphatic heterocycles. The Morgan fingerprint density at radius 1 is 1.19 bits per heavy atom. The molecule has 0 amide bonds. The van der Waals surface area contributed by atoms with E-state index in [1.54, 1.807) is 0 Å². The van der Waals surface area contributed by atoms with Crippen LogP contribution < -0.4 is 11.1 Å². The van der Waals surface area contributed by atoms with Crippen LogP contribution in [0.5, 0.6) is 0 Å². The molecule has 3 N–H and O–H groups in total. The van der Waals surface area contributed by atoms with Gasteiger partial charge in [-0.15, -0.1) is 0 Å². The topological polar surface area (TPSA) is 59.6 Å². The van der Waals surface area contributed by atoms with Crippen molar-refractivity contribution in [1.82, 2.24) is 0 Å². The Labute approximate surface area is 156 Å². The number of rotatable bonds is 4. The molecule has 4 nitrogen and oxygen atoms in total. The lowest BCUT2D eigenvalue weighted by molar-refractivity contribution is 0.0531. The summed E-state index contributed by atoms with van der Waals surface area (Å²) in [6, 6.07) is 10.8. The molecule has 26 heavy (non-hydrogen) atoms. The Morgan fingerprint density at radius 3 is 2.69 bits per heavy atom. The van der Waals surface area contributed by atoms with Gasteiger partial charge in [0, 0.05) is 29.7 Å². The summed E-state index contributed by atoms with van der Waals surface area (Å²) in [5, 5.41) is 3.28. The Kier molecular flexibility index (Phi) is 5.74. The highest BCUT2D eigenvalue weighted by atomic mass is 35.5. The standard InChI is InChI=1S/C19H20ClF2N3O/c20-14-3-1-2-13(10-14)19(6-8-26-9-7-19)12-24-18(23)25-17-11-15(21)4-5-16(17)22/h1-5,10-11H,6-9,12H2,(H3,23,24,25). The van der Waals surface area contributed by atoms with Crippen molar-refractivity contribution in [2.75, 3.05) is 25.1 Å². The summed E-state index contributed by atoms with van der Waals surface area (Å²) in [4.78, 5) is 4.39. The van der Waals surface area contributed by atoms with Crippen LogP contribution in [0.4, 0.5) is 14.5 Å².